The summed E-state index contributed by atoms with van der Waals surface area (Å²) in [7, 11) is -3.67. The molecule has 26 heavy (non-hydrogen) atoms. The number of aryl methyl sites for hydroxylation is 1. The van der Waals surface area contributed by atoms with Gasteiger partial charge in [0.1, 0.15) is 0 Å². The fourth-order valence-electron chi connectivity index (χ4n) is 2.04. The van der Waals surface area contributed by atoms with Gasteiger partial charge in [0.05, 0.1) is 17.9 Å². The summed E-state index contributed by atoms with van der Waals surface area (Å²) in [5, 5.41) is 8.64. The minimum atomic E-state index is -3.67. The molecule has 0 saturated heterocycles. The Hall–Kier alpha value is -2.95. The molecule has 1 heterocycles. The van der Waals surface area contributed by atoms with Crippen LogP contribution >= 0.6 is 0 Å². The van der Waals surface area contributed by atoms with Crippen molar-refractivity contribution in [2.45, 2.75) is 20.3 Å². The first-order chi connectivity index (χ1) is 12.2. The standard InChI is InChI=1S/C15H19N5O5S/c1-10(21)17-12-4-3-5-13(8-12)20-26(23,24)7-6-16-15(22)9-14-18-11(2)25-19-14/h3-5,8,20H,6-7,9H2,1-2H3,(H,16,22)(H,17,21). The molecule has 0 fully saturated rings. The number of anilines is 2. The van der Waals surface area contributed by atoms with E-state index in [1.807, 2.05) is 0 Å². The molecule has 0 aliphatic heterocycles. The second-order valence-corrected chi connectivity index (χ2v) is 7.28. The first-order valence-electron chi connectivity index (χ1n) is 7.67. The van der Waals surface area contributed by atoms with Crippen molar-refractivity contribution in [1.29, 1.82) is 0 Å². The van der Waals surface area contributed by atoms with Crippen LogP contribution in [0, 0.1) is 6.92 Å². The van der Waals surface area contributed by atoms with Crippen molar-refractivity contribution in [3.63, 3.8) is 0 Å². The topological polar surface area (TPSA) is 143 Å². The van der Waals surface area contributed by atoms with E-state index in [0.717, 1.165) is 0 Å². The smallest absolute Gasteiger partial charge is 0.234 e. The minimum absolute atomic E-state index is 0.0730. The number of aromatic nitrogens is 2. The Morgan fingerprint density at radius 1 is 1.23 bits per heavy atom. The Labute approximate surface area is 150 Å². The highest BCUT2D eigenvalue weighted by Gasteiger charge is 2.13. The second kappa shape index (κ2) is 8.43. The molecule has 0 aliphatic carbocycles. The largest absolute Gasteiger partial charge is 0.355 e. The normalized spacial score (nSPS) is 11.0. The molecular weight excluding hydrogens is 362 g/mol. The summed E-state index contributed by atoms with van der Waals surface area (Å²) in [6.07, 6.45) is -0.0937. The number of sulfonamides is 1. The molecular formula is C15H19N5O5S. The van der Waals surface area contributed by atoms with Crippen LogP contribution in [0.1, 0.15) is 18.6 Å². The van der Waals surface area contributed by atoms with Crippen LogP contribution in [0.15, 0.2) is 28.8 Å². The monoisotopic (exact) mass is 381 g/mol. The van der Waals surface area contributed by atoms with Gasteiger partial charge in [-0.25, -0.2) is 8.42 Å². The Morgan fingerprint density at radius 3 is 2.62 bits per heavy atom. The van der Waals surface area contributed by atoms with Crippen molar-refractivity contribution in [3.05, 3.63) is 36.0 Å². The molecule has 0 radical (unpaired) electrons. The molecule has 0 spiro atoms. The van der Waals surface area contributed by atoms with E-state index < -0.39 is 15.9 Å². The highest BCUT2D eigenvalue weighted by atomic mass is 32.2. The van der Waals surface area contributed by atoms with Crippen LogP contribution in [0.3, 0.4) is 0 Å². The molecule has 3 N–H and O–H groups in total. The number of rotatable bonds is 8. The molecule has 0 unspecified atom stereocenters. The van der Waals surface area contributed by atoms with Crippen LogP contribution in [0.5, 0.6) is 0 Å². The summed E-state index contributed by atoms with van der Waals surface area (Å²) < 4.78 is 31.3. The van der Waals surface area contributed by atoms with Crippen LogP contribution in [-0.2, 0) is 26.0 Å². The molecule has 0 atom stereocenters. The van der Waals surface area contributed by atoms with Gasteiger partial charge in [0.25, 0.3) is 0 Å². The van der Waals surface area contributed by atoms with Crippen molar-refractivity contribution < 1.29 is 22.5 Å². The Bertz CT molecular complexity index is 893. The van der Waals surface area contributed by atoms with E-state index in [1.165, 1.54) is 13.0 Å². The van der Waals surface area contributed by atoms with Gasteiger partial charge >= 0.3 is 0 Å². The lowest BCUT2D eigenvalue weighted by molar-refractivity contribution is -0.120. The number of carbonyl (C=O) groups excluding carboxylic acids is 2. The Morgan fingerprint density at radius 2 is 1.96 bits per heavy atom. The fourth-order valence-corrected chi connectivity index (χ4v) is 3.00. The van der Waals surface area contributed by atoms with Crippen molar-refractivity contribution >= 4 is 33.2 Å². The first-order valence-corrected chi connectivity index (χ1v) is 9.33. The zero-order valence-electron chi connectivity index (χ0n) is 14.3. The van der Waals surface area contributed by atoms with E-state index in [4.69, 9.17) is 4.52 Å². The van der Waals surface area contributed by atoms with Crippen LogP contribution in [0.25, 0.3) is 0 Å². The van der Waals surface area contributed by atoms with Gasteiger partial charge in [0, 0.05) is 26.1 Å². The molecule has 2 rings (SSSR count). The number of carbonyl (C=O) groups is 2. The average Bonchev–Trinajstić information content (AvgIpc) is 2.91. The molecule has 0 saturated carbocycles. The first kappa shape index (κ1) is 19.4. The van der Waals surface area contributed by atoms with Crippen molar-refractivity contribution in [1.82, 2.24) is 15.5 Å². The lowest BCUT2D eigenvalue weighted by Gasteiger charge is -2.10. The number of hydrogen-bond acceptors (Lipinski definition) is 7. The Balaban J connectivity index is 1.83. The van der Waals surface area contributed by atoms with Gasteiger partial charge in [0.2, 0.25) is 27.7 Å². The van der Waals surface area contributed by atoms with Gasteiger partial charge in [-0.1, -0.05) is 11.2 Å². The van der Waals surface area contributed by atoms with Crippen molar-refractivity contribution in [2.24, 2.45) is 0 Å². The predicted octanol–water partition coefficient (Wildman–Crippen LogP) is 0.437. The van der Waals surface area contributed by atoms with Crippen molar-refractivity contribution in [2.75, 3.05) is 22.3 Å². The maximum Gasteiger partial charge on any atom is 0.234 e. The molecule has 2 aromatic rings. The summed E-state index contributed by atoms with van der Waals surface area (Å²) in [5.74, 6) is -0.399. The maximum atomic E-state index is 12.1. The molecule has 10 nitrogen and oxygen atoms in total. The van der Waals surface area contributed by atoms with Gasteiger partial charge in [-0.3, -0.25) is 14.3 Å². The van der Waals surface area contributed by atoms with Gasteiger partial charge in [-0.15, -0.1) is 0 Å². The third-order valence-electron chi connectivity index (χ3n) is 3.04. The van der Waals surface area contributed by atoms with Crippen LogP contribution < -0.4 is 15.4 Å². The van der Waals surface area contributed by atoms with E-state index >= 15 is 0 Å². The lowest BCUT2D eigenvalue weighted by atomic mass is 10.3. The number of nitrogens with one attached hydrogen (secondary N) is 3. The zero-order chi connectivity index (χ0) is 19.2. The number of hydrogen-bond donors (Lipinski definition) is 3. The molecule has 0 aliphatic rings. The summed E-state index contributed by atoms with van der Waals surface area (Å²) in [6, 6.07) is 6.30. The van der Waals surface area contributed by atoms with E-state index in [0.29, 0.717) is 17.3 Å². The SMILES string of the molecule is CC(=O)Nc1cccc(NS(=O)(=O)CCNC(=O)Cc2noc(C)n2)c1. The maximum absolute atomic E-state index is 12.1. The van der Waals surface area contributed by atoms with Crippen LogP contribution in [-0.4, -0.2) is 42.7 Å². The summed E-state index contributed by atoms with van der Waals surface area (Å²) in [4.78, 5) is 26.7. The van der Waals surface area contributed by atoms with Crippen LogP contribution in [0.2, 0.25) is 0 Å². The van der Waals surface area contributed by atoms with Crippen LogP contribution in [0.4, 0.5) is 11.4 Å². The molecule has 2 amide bonds. The Kier molecular flexibility index (Phi) is 6.28. The van der Waals surface area contributed by atoms with E-state index in [1.54, 1.807) is 25.1 Å². The summed E-state index contributed by atoms with van der Waals surface area (Å²) in [6.45, 7) is 2.89. The average molecular weight is 381 g/mol. The van der Waals surface area contributed by atoms with Gasteiger partial charge in [-0.05, 0) is 18.2 Å². The van der Waals surface area contributed by atoms with Gasteiger partial charge in [-0.2, -0.15) is 4.98 Å². The molecule has 140 valence electrons. The molecule has 0 bridgehead atoms. The number of nitrogens with zero attached hydrogens (tertiary/aromatic N) is 2. The fraction of sp³-hybridized carbons (Fsp3) is 0.333. The van der Waals surface area contributed by atoms with E-state index in [-0.39, 0.29) is 30.5 Å². The van der Waals surface area contributed by atoms with E-state index in [9.17, 15) is 18.0 Å². The highest BCUT2D eigenvalue weighted by Crippen LogP contribution is 2.16. The summed E-state index contributed by atoms with van der Waals surface area (Å²) >= 11 is 0. The third-order valence-corrected chi connectivity index (χ3v) is 4.33. The predicted molar refractivity (Wildman–Crippen MR) is 93.9 cm³/mol. The number of amides is 2. The van der Waals surface area contributed by atoms with E-state index in [2.05, 4.69) is 25.5 Å². The third kappa shape index (κ3) is 6.51. The molecule has 1 aromatic heterocycles. The van der Waals surface area contributed by atoms with Crippen molar-refractivity contribution in [3.8, 4) is 0 Å². The van der Waals surface area contributed by atoms with Gasteiger partial charge in [0.15, 0.2) is 5.82 Å². The number of benzene rings is 1. The zero-order valence-corrected chi connectivity index (χ0v) is 15.1. The molecule has 11 heteroatoms. The highest BCUT2D eigenvalue weighted by molar-refractivity contribution is 7.92. The lowest BCUT2D eigenvalue weighted by Crippen LogP contribution is -2.32. The second-order valence-electron chi connectivity index (χ2n) is 5.44. The summed E-state index contributed by atoms with van der Waals surface area (Å²) in [5.41, 5.74) is 0.784. The minimum Gasteiger partial charge on any atom is -0.355 e. The van der Waals surface area contributed by atoms with Gasteiger partial charge < -0.3 is 15.2 Å². The molecule has 1 aromatic carbocycles. The quantitative estimate of drug-likeness (QED) is 0.602.